The van der Waals surface area contributed by atoms with Gasteiger partial charge in [-0.25, -0.2) is 0 Å². The van der Waals surface area contributed by atoms with Crippen LogP contribution in [0.25, 0.3) is 0 Å². The van der Waals surface area contributed by atoms with Crippen LogP contribution in [0.2, 0.25) is 0 Å². The van der Waals surface area contributed by atoms with Gasteiger partial charge in [-0.1, -0.05) is 73.4 Å². The molecule has 0 spiro atoms. The van der Waals surface area contributed by atoms with E-state index in [1.165, 1.54) is 34.6 Å². The average molecular weight is 428 g/mol. The van der Waals surface area contributed by atoms with Crippen molar-refractivity contribution in [3.8, 4) is 0 Å². The number of hydrogen-bond acceptors (Lipinski definition) is 0. The Bertz CT molecular complexity index is 580. The highest BCUT2D eigenvalue weighted by molar-refractivity contribution is 9.12. The molecule has 0 heterocycles. The number of hydrogen-bond donors (Lipinski definition) is 0. The molecule has 0 amide bonds. The van der Waals surface area contributed by atoms with Crippen LogP contribution in [0.4, 0.5) is 0 Å². The maximum Gasteiger partial charge on any atom is 0.00535 e. The highest BCUT2D eigenvalue weighted by Gasteiger charge is 2.66. The molecule has 22 heavy (non-hydrogen) atoms. The van der Waals surface area contributed by atoms with Gasteiger partial charge in [0.15, 0.2) is 0 Å². The van der Waals surface area contributed by atoms with E-state index >= 15 is 0 Å². The SMILES string of the molecule is CC1(C)[C@@H]2CC[C@@]1(C)C(Br)=C2C1=C(Br)[C@]2(C)CC[C@H]1C2(C)C. The summed E-state index contributed by atoms with van der Waals surface area (Å²) in [6.45, 7) is 14.9. The van der Waals surface area contributed by atoms with Crippen molar-refractivity contribution in [1.29, 1.82) is 0 Å². The summed E-state index contributed by atoms with van der Waals surface area (Å²) in [5, 5.41) is 0. The molecule has 0 unspecified atom stereocenters. The fourth-order valence-electron chi connectivity index (χ4n) is 6.31. The van der Waals surface area contributed by atoms with Crippen molar-refractivity contribution in [3.05, 3.63) is 20.1 Å². The lowest BCUT2D eigenvalue weighted by atomic mass is 9.69. The second-order valence-corrected chi connectivity index (χ2v) is 11.3. The van der Waals surface area contributed by atoms with E-state index in [-0.39, 0.29) is 0 Å². The van der Waals surface area contributed by atoms with Gasteiger partial charge in [0.05, 0.1) is 0 Å². The fraction of sp³-hybridized carbons (Fsp3) is 0.800. The Labute approximate surface area is 152 Å². The van der Waals surface area contributed by atoms with Gasteiger partial charge in [0.2, 0.25) is 0 Å². The van der Waals surface area contributed by atoms with Crippen LogP contribution in [-0.4, -0.2) is 0 Å². The van der Waals surface area contributed by atoms with Gasteiger partial charge < -0.3 is 0 Å². The van der Waals surface area contributed by atoms with Gasteiger partial charge >= 0.3 is 0 Å². The zero-order valence-electron chi connectivity index (χ0n) is 14.7. The van der Waals surface area contributed by atoms with E-state index in [1.807, 2.05) is 0 Å². The number of fused-ring (bicyclic) bond motifs is 4. The van der Waals surface area contributed by atoms with Gasteiger partial charge in [-0.05, 0) is 59.5 Å². The van der Waals surface area contributed by atoms with Crippen LogP contribution in [0.5, 0.6) is 0 Å². The summed E-state index contributed by atoms with van der Waals surface area (Å²) >= 11 is 8.16. The molecule has 0 radical (unpaired) electrons. The first-order valence-corrected chi connectivity index (χ1v) is 10.4. The summed E-state index contributed by atoms with van der Waals surface area (Å²) in [5.74, 6) is 1.46. The Morgan fingerprint density at radius 3 is 1.23 bits per heavy atom. The molecule has 0 aromatic rings. The van der Waals surface area contributed by atoms with E-state index < -0.39 is 0 Å². The molecule has 0 nitrogen and oxygen atoms in total. The van der Waals surface area contributed by atoms with Crippen LogP contribution in [0.15, 0.2) is 20.1 Å². The Hall–Kier alpha value is 0.440. The number of rotatable bonds is 1. The molecule has 0 aromatic heterocycles. The van der Waals surface area contributed by atoms with Crippen LogP contribution in [0.3, 0.4) is 0 Å². The Morgan fingerprint density at radius 1 is 0.682 bits per heavy atom. The van der Waals surface area contributed by atoms with Gasteiger partial charge in [0, 0.05) is 19.8 Å². The molecule has 0 aromatic carbocycles. The van der Waals surface area contributed by atoms with Crippen LogP contribution >= 0.6 is 31.9 Å². The molecule has 2 heteroatoms. The molecule has 2 saturated carbocycles. The first-order valence-electron chi connectivity index (χ1n) is 8.81. The van der Waals surface area contributed by atoms with Gasteiger partial charge in [-0.2, -0.15) is 0 Å². The maximum absolute atomic E-state index is 4.08. The molecule has 0 saturated heterocycles. The van der Waals surface area contributed by atoms with Gasteiger partial charge in [-0.3, -0.25) is 0 Å². The summed E-state index contributed by atoms with van der Waals surface area (Å²) in [6, 6.07) is 0. The van der Waals surface area contributed by atoms with Crippen molar-refractivity contribution in [2.45, 2.75) is 67.2 Å². The molecule has 0 aliphatic heterocycles. The fourth-order valence-corrected chi connectivity index (χ4v) is 8.71. The van der Waals surface area contributed by atoms with Gasteiger partial charge in [0.25, 0.3) is 0 Å². The zero-order chi connectivity index (χ0) is 16.3. The monoisotopic (exact) mass is 426 g/mol. The predicted octanol–water partition coefficient (Wildman–Crippen LogP) is 7.20. The molecule has 4 aliphatic carbocycles. The highest BCUT2D eigenvalue weighted by Crippen LogP contribution is 2.76. The lowest BCUT2D eigenvalue weighted by molar-refractivity contribution is 0.172. The van der Waals surface area contributed by atoms with Crippen LogP contribution in [0, 0.1) is 33.5 Å². The standard InChI is InChI=1S/C20H28Br2/c1-17(2)11-7-9-19(17,5)15(21)13(11)14-12-8-10-20(6,16(14)22)18(12,3)4/h11-12H,7-10H2,1-6H3/t11-,12-,19+,20+/m1/s1. The Balaban J connectivity index is 1.92. The Kier molecular flexibility index (Phi) is 3.01. The average Bonchev–Trinajstić information content (AvgIpc) is 2.90. The van der Waals surface area contributed by atoms with E-state index in [0.717, 1.165) is 11.8 Å². The summed E-state index contributed by atoms with van der Waals surface area (Å²) in [6.07, 6.45) is 5.40. The first kappa shape index (κ1) is 15.9. The largest absolute Gasteiger partial charge is 0.0585 e. The summed E-state index contributed by atoms with van der Waals surface area (Å²) in [4.78, 5) is 0. The third-order valence-electron chi connectivity index (χ3n) is 8.88. The summed E-state index contributed by atoms with van der Waals surface area (Å²) in [5.41, 5.74) is 4.81. The topological polar surface area (TPSA) is 0 Å². The van der Waals surface area contributed by atoms with Crippen LogP contribution < -0.4 is 0 Å². The molecule has 4 rings (SSSR count). The van der Waals surface area contributed by atoms with E-state index in [1.54, 1.807) is 11.1 Å². The third-order valence-corrected chi connectivity index (χ3v) is 11.5. The molecule has 2 fully saturated rings. The van der Waals surface area contributed by atoms with E-state index in [0.29, 0.717) is 21.7 Å². The maximum atomic E-state index is 4.08. The van der Waals surface area contributed by atoms with E-state index in [9.17, 15) is 0 Å². The Morgan fingerprint density at radius 2 is 1.00 bits per heavy atom. The van der Waals surface area contributed by atoms with E-state index in [4.69, 9.17) is 0 Å². The van der Waals surface area contributed by atoms with Crippen LogP contribution in [-0.2, 0) is 0 Å². The van der Waals surface area contributed by atoms with Crippen molar-refractivity contribution < 1.29 is 0 Å². The minimum Gasteiger partial charge on any atom is -0.0585 e. The predicted molar refractivity (Wildman–Crippen MR) is 101 cm³/mol. The smallest absolute Gasteiger partial charge is 0.00535 e. The summed E-state index contributed by atoms with van der Waals surface area (Å²) in [7, 11) is 0. The van der Waals surface area contributed by atoms with Crippen molar-refractivity contribution in [3.63, 3.8) is 0 Å². The molecule has 122 valence electrons. The number of allylic oxidation sites excluding steroid dienone is 4. The summed E-state index contributed by atoms with van der Waals surface area (Å²) < 4.78 is 3.06. The quantitative estimate of drug-likeness (QED) is 0.415. The molecular formula is C20H28Br2. The highest BCUT2D eigenvalue weighted by atomic mass is 79.9. The van der Waals surface area contributed by atoms with Gasteiger partial charge in [0.1, 0.15) is 0 Å². The lowest BCUT2D eigenvalue weighted by Crippen LogP contribution is -2.29. The van der Waals surface area contributed by atoms with Crippen LogP contribution in [0.1, 0.15) is 67.2 Å². The van der Waals surface area contributed by atoms with Crippen molar-refractivity contribution >= 4 is 31.9 Å². The number of halogens is 2. The minimum atomic E-state index is 0.333. The van der Waals surface area contributed by atoms with Crippen molar-refractivity contribution in [1.82, 2.24) is 0 Å². The normalized spacial score (nSPS) is 48.0. The molecule has 4 atom stereocenters. The lowest BCUT2D eigenvalue weighted by Gasteiger charge is -2.35. The molecule has 0 N–H and O–H groups in total. The second kappa shape index (κ2) is 4.15. The minimum absolute atomic E-state index is 0.333. The zero-order valence-corrected chi connectivity index (χ0v) is 17.9. The molecule has 4 aliphatic rings. The van der Waals surface area contributed by atoms with Crippen molar-refractivity contribution in [2.75, 3.05) is 0 Å². The van der Waals surface area contributed by atoms with Crippen molar-refractivity contribution in [2.24, 2.45) is 33.5 Å². The molecule has 4 bridgehead atoms. The first-order chi connectivity index (χ1) is 10.00. The third kappa shape index (κ3) is 1.39. The van der Waals surface area contributed by atoms with Gasteiger partial charge in [-0.15, -0.1) is 0 Å². The molecular weight excluding hydrogens is 400 g/mol. The second-order valence-electron chi connectivity index (χ2n) is 9.75. The van der Waals surface area contributed by atoms with E-state index in [2.05, 4.69) is 73.4 Å².